The van der Waals surface area contributed by atoms with E-state index in [1.54, 1.807) is 37.4 Å². The van der Waals surface area contributed by atoms with E-state index in [-0.39, 0.29) is 24.9 Å². The van der Waals surface area contributed by atoms with Gasteiger partial charge in [-0.25, -0.2) is 19.9 Å². The number of carbonyl (C=O) groups is 1. The smallest absolute Gasteiger partial charge is 0.269 e. The molecular weight excluding hydrogens is 485 g/mol. The van der Waals surface area contributed by atoms with Crippen LogP contribution in [0.25, 0.3) is 16.9 Å². The van der Waals surface area contributed by atoms with Gasteiger partial charge in [0.25, 0.3) is 5.91 Å². The van der Waals surface area contributed by atoms with Gasteiger partial charge >= 0.3 is 0 Å². The molecule has 2 atom stereocenters. The molecule has 0 spiro atoms. The number of nitrogens with zero attached hydrogens (tertiary/aromatic N) is 6. The van der Waals surface area contributed by atoms with Gasteiger partial charge in [-0.3, -0.25) is 4.79 Å². The standard InChI is InChI=1S/C21H19Cl2N7O4/c1-12(9-31)33-10-16(20(32)29-17-5-4-13(22)7-25-17)34-21-14-8-28-30(18(14)26-11-27-21)19-15(23)3-2-6-24-19/h2-8,11-12,16,31H,9-10H2,1H3,(H,25,29,32)/t12-,16?/m0/s1. The van der Waals surface area contributed by atoms with Gasteiger partial charge in [-0.2, -0.15) is 9.78 Å². The first-order valence-electron chi connectivity index (χ1n) is 10.1. The summed E-state index contributed by atoms with van der Waals surface area (Å²) in [4.78, 5) is 29.7. The Bertz CT molecular complexity index is 1290. The van der Waals surface area contributed by atoms with Gasteiger partial charge in [-0.15, -0.1) is 0 Å². The quantitative estimate of drug-likeness (QED) is 0.352. The molecule has 34 heavy (non-hydrogen) atoms. The fourth-order valence-electron chi connectivity index (χ4n) is 2.86. The number of ether oxygens (including phenoxy) is 2. The summed E-state index contributed by atoms with van der Waals surface area (Å²) < 4.78 is 12.9. The minimum Gasteiger partial charge on any atom is -0.461 e. The normalized spacial score (nSPS) is 12.9. The monoisotopic (exact) mass is 503 g/mol. The third-order valence-corrected chi connectivity index (χ3v) is 5.10. The molecule has 4 rings (SSSR count). The summed E-state index contributed by atoms with van der Waals surface area (Å²) in [7, 11) is 0. The van der Waals surface area contributed by atoms with Gasteiger partial charge in [0.1, 0.15) is 17.5 Å². The molecule has 0 aliphatic carbocycles. The molecule has 176 valence electrons. The Kier molecular flexibility index (Phi) is 7.48. The van der Waals surface area contributed by atoms with Crippen molar-refractivity contribution >= 4 is 46.0 Å². The van der Waals surface area contributed by atoms with Crippen molar-refractivity contribution in [2.24, 2.45) is 0 Å². The summed E-state index contributed by atoms with van der Waals surface area (Å²) >= 11 is 12.1. The Morgan fingerprint density at radius 2 is 2.03 bits per heavy atom. The van der Waals surface area contributed by atoms with E-state index in [1.807, 2.05) is 0 Å². The second-order valence-corrected chi connectivity index (χ2v) is 7.91. The molecule has 4 aromatic heterocycles. The highest BCUT2D eigenvalue weighted by Gasteiger charge is 2.25. The number of aliphatic hydroxyl groups excluding tert-OH is 1. The van der Waals surface area contributed by atoms with Crippen LogP contribution in [0, 0.1) is 0 Å². The summed E-state index contributed by atoms with van der Waals surface area (Å²) in [5.74, 6) is 0.232. The molecule has 0 aliphatic heterocycles. The highest BCUT2D eigenvalue weighted by molar-refractivity contribution is 6.32. The molecule has 11 nitrogen and oxygen atoms in total. The van der Waals surface area contributed by atoms with Crippen LogP contribution in [0.4, 0.5) is 5.82 Å². The van der Waals surface area contributed by atoms with Gasteiger partial charge in [0, 0.05) is 12.4 Å². The van der Waals surface area contributed by atoms with Crippen molar-refractivity contribution < 1.29 is 19.4 Å². The van der Waals surface area contributed by atoms with E-state index in [2.05, 4.69) is 30.4 Å². The van der Waals surface area contributed by atoms with Crippen LogP contribution in [0.3, 0.4) is 0 Å². The van der Waals surface area contributed by atoms with Crippen molar-refractivity contribution in [3.05, 3.63) is 59.2 Å². The van der Waals surface area contributed by atoms with Gasteiger partial charge in [-0.1, -0.05) is 23.2 Å². The molecule has 2 N–H and O–H groups in total. The van der Waals surface area contributed by atoms with Gasteiger partial charge in [-0.05, 0) is 31.2 Å². The Hall–Kier alpha value is -3.38. The van der Waals surface area contributed by atoms with Crippen LogP contribution in [-0.4, -0.2) is 66.2 Å². The maximum atomic E-state index is 13.0. The molecule has 0 saturated carbocycles. The van der Waals surface area contributed by atoms with Crippen LogP contribution in [0.2, 0.25) is 10.0 Å². The van der Waals surface area contributed by atoms with Gasteiger partial charge < -0.3 is 19.9 Å². The number of hydrogen-bond donors (Lipinski definition) is 2. The molecule has 0 saturated heterocycles. The van der Waals surface area contributed by atoms with Crippen molar-refractivity contribution in [2.75, 3.05) is 18.5 Å². The Morgan fingerprint density at radius 1 is 1.18 bits per heavy atom. The molecule has 0 bridgehead atoms. The van der Waals surface area contributed by atoms with Crippen LogP contribution >= 0.6 is 23.2 Å². The molecule has 0 fully saturated rings. The van der Waals surface area contributed by atoms with E-state index in [4.69, 9.17) is 32.7 Å². The van der Waals surface area contributed by atoms with E-state index >= 15 is 0 Å². The number of rotatable bonds is 9. The Balaban J connectivity index is 1.62. The summed E-state index contributed by atoms with van der Waals surface area (Å²) in [6, 6.07) is 6.53. The van der Waals surface area contributed by atoms with Crippen molar-refractivity contribution in [3.8, 4) is 11.7 Å². The van der Waals surface area contributed by atoms with E-state index in [0.29, 0.717) is 26.9 Å². The lowest BCUT2D eigenvalue weighted by atomic mass is 10.3. The number of aliphatic hydroxyl groups is 1. The predicted molar refractivity (Wildman–Crippen MR) is 124 cm³/mol. The van der Waals surface area contributed by atoms with Crippen molar-refractivity contribution in [2.45, 2.75) is 19.1 Å². The van der Waals surface area contributed by atoms with Gasteiger partial charge in [0.15, 0.2) is 11.5 Å². The second-order valence-electron chi connectivity index (χ2n) is 7.07. The van der Waals surface area contributed by atoms with Gasteiger partial charge in [0.05, 0.1) is 35.6 Å². The molecule has 0 aromatic carbocycles. The first kappa shape index (κ1) is 23.8. The number of amides is 1. The molecule has 13 heteroatoms. The lowest BCUT2D eigenvalue weighted by Gasteiger charge is -2.20. The molecular formula is C21H19Cl2N7O4. The number of hydrogen-bond acceptors (Lipinski definition) is 9. The summed E-state index contributed by atoms with van der Waals surface area (Å²) in [6.07, 6.45) is 4.11. The minimum atomic E-state index is -1.13. The molecule has 4 aromatic rings. The zero-order chi connectivity index (χ0) is 24.1. The molecule has 0 aliphatic rings. The summed E-state index contributed by atoms with van der Waals surface area (Å²) in [6.45, 7) is 1.29. The minimum absolute atomic E-state index is 0.104. The molecule has 4 heterocycles. The van der Waals surface area contributed by atoms with Crippen molar-refractivity contribution in [1.29, 1.82) is 0 Å². The average molecular weight is 504 g/mol. The lowest BCUT2D eigenvalue weighted by Crippen LogP contribution is -2.38. The van der Waals surface area contributed by atoms with Crippen LogP contribution < -0.4 is 10.1 Å². The van der Waals surface area contributed by atoms with Gasteiger partial charge in [0.2, 0.25) is 12.0 Å². The van der Waals surface area contributed by atoms with E-state index < -0.39 is 18.1 Å². The second kappa shape index (κ2) is 10.7. The zero-order valence-electron chi connectivity index (χ0n) is 17.8. The van der Waals surface area contributed by atoms with E-state index in [0.717, 1.165) is 0 Å². The zero-order valence-corrected chi connectivity index (χ0v) is 19.3. The van der Waals surface area contributed by atoms with Crippen LogP contribution in [0.5, 0.6) is 5.88 Å². The highest BCUT2D eigenvalue weighted by Crippen LogP contribution is 2.26. The first-order chi connectivity index (χ1) is 16.5. The van der Waals surface area contributed by atoms with Crippen molar-refractivity contribution in [1.82, 2.24) is 29.7 Å². The largest absolute Gasteiger partial charge is 0.461 e. The maximum absolute atomic E-state index is 13.0. The van der Waals surface area contributed by atoms with Crippen LogP contribution in [0.15, 0.2) is 49.2 Å². The number of anilines is 1. The molecule has 1 amide bonds. The fourth-order valence-corrected chi connectivity index (χ4v) is 3.18. The predicted octanol–water partition coefficient (Wildman–Crippen LogP) is 2.70. The third-order valence-electron chi connectivity index (χ3n) is 4.58. The Morgan fingerprint density at radius 3 is 2.76 bits per heavy atom. The van der Waals surface area contributed by atoms with Crippen LogP contribution in [0.1, 0.15) is 6.92 Å². The topological polar surface area (TPSA) is 137 Å². The highest BCUT2D eigenvalue weighted by atomic mass is 35.5. The van der Waals surface area contributed by atoms with E-state index in [9.17, 15) is 9.90 Å². The fraction of sp³-hybridized carbons (Fsp3) is 0.238. The number of fused-ring (bicyclic) bond motifs is 1. The maximum Gasteiger partial charge on any atom is 0.269 e. The van der Waals surface area contributed by atoms with Crippen LogP contribution in [-0.2, 0) is 9.53 Å². The first-order valence-corrected chi connectivity index (χ1v) is 10.8. The molecule has 1 unspecified atom stereocenters. The number of nitrogens with one attached hydrogen (secondary N) is 1. The number of pyridine rings is 2. The molecule has 0 radical (unpaired) electrons. The number of halogens is 2. The number of aromatic nitrogens is 6. The lowest BCUT2D eigenvalue weighted by molar-refractivity contribution is -0.127. The third kappa shape index (κ3) is 5.39. The Labute approximate surface area is 203 Å². The average Bonchev–Trinajstić information content (AvgIpc) is 3.28. The summed E-state index contributed by atoms with van der Waals surface area (Å²) in [5, 5.41) is 17.5. The summed E-state index contributed by atoms with van der Waals surface area (Å²) in [5.41, 5.74) is 0.383. The van der Waals surface area contributed by atoms with Crippen molar-refractivity contribution in [3.63, 3.8) is 0 Å². The van der Waals surface area contributed by atoms with E-state index in [1.165, 1.54) is 23.4 Å². The SMILES string of the molecule is C[C@@H](CO)OCC(Oc1ncnc2c1cnn2-c1ncccc1Cl)C(=O)Nc1ccc(Cl)cn1. The number of carbonyl (C=O) groups excluding carboxylic acids is 1.